The van der Waals surface area contributed by atoms with Crippen molar-refractivity contribution in [2.24, 2.45) is 0 Å². The maximum Gasteiger partial charge on any atom is 0.301 e. The standard InChI is InChI=1S/C10H16N4O2S/c1-4-7-11-10-6-5-9(8-12-10)13-17(15,16)14(2)3/h4-6,8,13H,1,7H2,2-3H3,(H,11,12). The van der Waals surface area contributed by atoms with Crippen LogP contribution in [0.3, 0.4) is 0 Å². The second-order valence-electron chi connectivity index (χ2n) is 3.49. The number of aromatic nitrogens is 1. The zero-order valence-electron chi connectivity index (χ0n) is 9.84. The molecule has 1 aromatic heterocycles. The van der Waals surface area contributed by atoms with Gasteiger partial charge in [0.1, 0.15) is 5.82 Å². The van der Waals surface area contributed by atoms with Crippen molar-refractivity contribution in [1.82, 2.24) is 9.29 Å². The van der Waals surface area contributed by atoms with Crippen LogP contribution in [-0.4, -0.2) is 38.3 Å². The molecule has 0 aliphatic rings. The molecule has 1 aromatic rings. The van der Waals surface area contributed by atoms with Crippen molar-refractivity contribution in [2.75, 3.05) is 30.7 Å². The Kier molecular flexibility index (Phi) is 4.47. The first-order valence-corrected chi connectivity index (χ1v) is 6.41. The van der Waals surface area contributed by atoms with Gasteiger partial charge in [-0.3, -0.25) is 4.72 Å². The van der Waals surface area contributed by atoms with Gasteiger partial charge in [-0.15, -0.1) is 6.58 Å². The summed E-state index contributed by atoms with van der Waals surface area (Å²) < 4.78 is 26.5. The maximum atomic E-state index is 11.5. The molecule has 0 aromatic carbocycles. The summed E-state index contributed by atoms with van der Waals surface area (Å²) in [5.74, 6) is 0.665. The molecule has 0 saturated carbocycles. The van der Waals surface area contributed by atoms with Crippen LogP contribution in [-0.2, 0) is 10.2 Å². The van der Waals surface area contributed by atoms with Crippen LogP contribution in [0.1, 0.15) is 0 Å². The molecule has 0 aliphatic carbocycles. The topological polar surface area (TPSA) is 74.3 Å². The van der Waals surface area contributed by atoms with Crippen molar-refractivity contribution in [1.29, 1.82) is 0 Å². The summed E-state index contributed by atoms with van der Waals surface area (Å²) >= 11 is 0. The maximum absolute atomic E-state index is 11.5. The minimum absolute atomic E-state index is 0.419. The molecule has 0 saturated heterocycles. The average molecular weight is 256 g/mol. The number of pyridine rings is 1. The summed E-state index contributed by atoms with van der Waals surface area (Å²) in [6.45, 7) is 4.18. The van der Waals surface area contributed by atoms with Crippen LogP contribution in [0.15, 0.2) is 31.0 Å². The van der Waals surface area contributed by atoms with E-state index in [1.165, 1.54) is 20.3 Å². The molecule has 0 unspecified atom stereocenters. The number of hydrogen-bond donors (Lipinski definition) is 2. The van der Waals surface area contributed by atoms with Gasteiger partial charge >= 0.3 is 10.2 Å². The van der Waals surface area contributed by atoms with Crippen LogP contribution in [0.4, 0.5) is 11.5 Å². The highest BCUT2D eigenvalue weighted by Gasteiger charge is 2.12. The van der Waals surface area contributed by atoms with Crippen LogP contribution >= 0.6 is 0 Å². The average Bonchev–Trinajstić information content (AvgIpc) is 2.27. The summed E-state index contributed by atoms with van der Waals surface area (Å²) in [6.07, 6.45) is 3.16. The molecule has 0 aliphatic heterocycles. The molecule has 94 valence electrons. The molecular weight excluding hydrogens is 240 g/mol. The molecule has 0 amide bonds. The number of anilines is 2. The summed E-state index contributed by atoms with van der Waals surface area (Å²) in [5.41, 5.74) is 0.419. The molecule has 6 nitrogen and oxygen atoms in total. The zero-order valence-corrected chi connectivity index (χ0v) is 10.7. The van der Waals surface area contributed by atoms with Gasteiger partial charge in [-0.25, -0.2) is 4.98 Å². The van der Waals surface area contributed by atoms with Crippen LogP contribution < -0.4 is 10.0 Å². The first-order chi connectivity index (χ1) is 7.95. The first kappa shape index (κ1) is 13.5. The predicted octanol–water partition coefficient (Wildman–Crippen LogP) is 0.898. The lowest BCUT2D eigenvalue weighted by atomic mass is 10.4. The van der Waals surface area contributed by atoms with Gasteiger partial charge in [0.25, 0.3) is 0 Å². The summed E-state index contributed by atoms with van der Waals surface area (Å²) in [5, 5.41) is 2.99. The molecule has 17 heavy (non-hydrogen) atoms. The Labute approximate surface area is 102 Å². The van der Waals surface area contributed by atoms with E-state index in [2.05, 4.69) is 21.6 Å². The van der Waals surface area contributed by atoms with Gasteiger partial charge in [0.05, 0.1) is 11.9 Å². The Balaban J connectivity index is 2.72. The largest absolute Gasteiger partial charge is 0.367 e. The van der Waals surface area contributed by atoms with Gasteiger partial charge in [0, 0.05) is 20.6 Å². The van der Waals surface area contributed by atoms with Gasteiger partial charge in [0.2, 0.25) is 0 Å². The summed E-state index contributed by atoms with van der Waals surface area (Å²) in [7, 11) is -0.566. The van der Waals surface area contributed by atoms with Crippen molar-refractivity contribution < 1.29 is 8.42 Å². The predicted molar refractivity (Wildman–Crippen MR) is 69.2 cm³/mol. The van der Waals surface area contributed by atoms with Crippen LogP contribution in [0.5, 0.6) is 0 Å². The number of hydrogen-bond acceptors (Lipinski definition) is 4. The third-order valence-electron chi connectivity index (χ3n) is 1.92. The third kappa shape index (κ3) is 4.04. The molecule has 1 heterocycles. The van der Waals surface area contributed by atoms with Gasteiger partial charge in [-0.05, 0) is 12.1 Å². The van der Waals surface area contributed by atoms with Crippen molar-refractivity contribution in [3.63, 3.8) is 0 Å². The van der Waals surface area contributed by atoms with E-state index < -0.39 is 10.2 Å². The van der Waals surface area contributed by atoms with Crippen molar-refractivity contribution in [3.8, 4) is 0 Å². The fourth-order valence-electron chi connectivity index (χ4n) is 0.976. The highest BCUT2D eigenvalue weighted by Crippen LogP contribution is 2.11. The highest BCUT2D eigenvalue weighted by atomic mass is 32.2. The quantitative estimate of drug-likeness (QED) is 0.742. The molecule has 0 atom stereocenters. The van der Waals surface area contributed by atoms with Crippen LogP contribution in [0.2, 0.25) is 0 Å². The molecule has 2 N–H and O–H groups in total. The van der Waals surface area contributed by atoms with Crippen molar-refractivity contribution >= 4 is 21.7 Å². The molecule has 0 bridgehead atoms. The molecule has 0 fully saturated rings. The normalized spacial score (nSPS) is 11.2. The Bertz CT molecular complexity index is 468. The lowest BCUT2D eigenvalue weighted by Gasteiger charge is -2.13. The Morgan fingerprint density at radius 3 is 2.65 bits per heavy atom. The fraction of sp³-hybridized carbons (Fsp3) is 0.300. The Morgan fingerprint density at radius 2 is 2.18 bits per heavy atom. The van der Waals surface area contributed by atoms with E-state index in [0.717, 1.165) is 4.31 Å². The minimum atomic E-state index is -3.47. The number of rotatable bonds is 6. The van der Waals surface area contributed by atoms with Crippen molar-refractivity contribution in [3.05, 3.63) is 31.0 Å². The van der Waals surface area contributed by atoms with E-state index in [4.69, 9.17) is 0 Å². The zero-order chi connectivity index (χ0) is 12.9. The monoisotopic (exact) mass is 256 g/mol. The van der Waals surface area contributed by atoms with Gasteiger partial charge in [0.15, 0.2) is 0 Å². The van der Waals surface area contributed by atoms with Gasteiger partial charge < -0.3 is 5.32 Å². The van der Waals surface area contributed by atoms with Crippen LogP contribution in [0.25, 0.3) is 0 Å². The molecule has 1 rings (SSSR count). The first-order valence-electron chi connectivity index (χ1n) is 4.97. The summed E-state index contributed by atoms with van der Waals surface area (Å²) in [6, 6.07) is 3.33. The number of nitrogens with one attached hydrogen (secondary N) is 2. The smallest absolute Gasteiger partial charge is 0.301 e. The van der Waals surface area contributed by atoms with E-state index in [-0.39, 0.29) is 0 Å². The highest BCUT2D eigenvalue weighted by molar-refractivity contribution is 7.90. The lowest BCUT2D eigenvalue weighted by Crippen LogP contribution is -2.28. The molecule has 0 radical (unpaired) electrons. The van der Waals surface area contributed by atoms with Gasteiger partial charge in [-0.2, -0.15) is 12.7 Å². The number of nitrogens with zero attached hydrogens (tertiary/aromatic N) is 2. The van der Waals surface area contributed by atoms with E-state index in [1.807, 2.05) is 0 Å². The van der Waals surface area contributed by atoms with E-state index in [1.54, 1.807) is 18.2 Å². The molecule has 0 spiro atoms. The van der Waals surface area contributed by atoms with E-state index in [9.17, 15) is 8.42 Å². The van der Waals surface area contributed by atoms with Gasteiger partial charge in [-0.1, -0.05) is 6.08 Å². The second kappa shape index (κ2) is 5.65. The molecular formula is C10H16N4O2S. The molecule has 7 heteroatoms. The summed E-state index contributed by atoms with van der Waals surface area (Å²) in [4.78, 5) is 4.06. The minimum Gasteiger partial charge on any atom is -0.367 e. The second-order valence-corrected chi connectivity index (χ2v) is 5.38. The van der Waals surface area contributed by atoms with E-state index in [0.29, 0.717) is 18.1 Å². The lowest BCUT2D eigenvalue weighted by molar-refractivity contribution is 0.527. The van der Waals surface area contributed by atoms with Crippen LogP contribution in [0, 0.1) is 0 Å². The third-order valence-corrected chi connectivity index (χ3v) is 3.37. The fourth-order valence-corrected chi connectivity index (χ4v) is 1.58. The Hall–Kier alpha value is -1.60. The van der Waals surface area contributed by atoms with Crippen molar-refractivity contribution in [2.45, 2.75) is 0 Å². The Morgan fingerprint density at radius 1 is 1.47 bits per heavy atom. The SMILES string of the molecule is C=CCNc1ccc(NS(=O)(=O)N(C)C)cn1. The van der Waals surface area contributed by atoms with E-state index >= 15 is 0 Å².